The molecule has 19 heavy (non-hydrogen) atoms. The van der Waals surface area contributed by atoms with Crippen molar-refractivity contribution in [2.45, 2.75) is 20.1 Å². The summed E-state index contributed by atoms with van der Waals surface area (Å²) >= 11 is 1.62. The van der Waals surface area contributed by atoms with Gasteiger partial charge < -0.3 is 15.4 Å². The van der Waals surface area contributed by atoms with Gasteiger partial charge >= 0.3 is 0 Å². The molecule has 0 aliphatic rings. The van der Waals surface area contributed by atoms with E-state index in [4.69, 9.17) is 10.5 Å². The molecule has 2 rings (SSSR count). The van der Waals surface area contributed by atoms with Gasteiger partial charge in [0.15, 0.2) is 5.13 Å². The SMILES string of the molecule is COCc1nc(N(C)c2ccccc2C)sc1CN. The smallest absolute Gasteiger partial charge is 0.190 e. The zero-order valence-electron chi connectivity index (χ0n) is 11.5. The van der Waals surface area contributed by atoms with Crippen LogP contribution in [-0.2, 0) is 17.9 Å². The second kappa shape index (κ2) is 6.14. The number of anilines is 2. The molecule has 0 spiro atoms. The van der Waals surface area contributed by atoms with Crippen LogP contribution in [0.1, 0.15) is 16.1 Å². The molecule has 0 saturated carbocycles. The number of hydrogen-bond acceptors (Lipinski definition) is 5. The molecule has 2 aromatic rings. The van der Waals surface area contributed by atoms with Gasteiger partial charge in [-0.15, -0.1) is 0 Å². The molecule has 0 aliphatic carbocycles. The summed E-state index contributed by atoms with van der Waals surface area (Å²) in [5, 5.41) is 0.946. The number of aryl methyl sites for hydroxylation is 1. The van der Waals surface area contributed by atoms with Crippen molar-refractivity contribution in [2.24, 2.45) is 5.73 Å². The molecular formula is C14H19N3OS. The lowest BCUT2D eigenvalue weighted by molar-refractivity contribution is 0.181. The molecule has 1 aromatic heterocycles. The van der Waals surface area contributed by atoms with Crippen molar-refractivity contribution >= 4 is 22.2 Å². The number of aromatic nitrogens is 1. The van der Waals surface area contributed by atoms with Crippen LogP contribution in [-0.4, -0.2) is 19.1 Å². The van der Waals surface area contributed by atoms with Crippen molar-refractivity contribution in [3.8, 4) is 0 Å². The van der Waals surface area contributed by atoms with Crippen LogP contribution in [0.3, 0.4) is 0 Å². The highest BCUT2D eigenvalue weighted by Crippen LogP contribution is 2.32. The second-order valence-electron chi connectivity index (χ2n) is 4.35. The highest BCUT2D eigenvalue weighted by Gasteiger charge is 2.15. The zero-order chi connectivity index (χ0) is 13.8. The fourth-order valence-corrected chi connectivity index (χ4v) is 2.88. The normalized spacial score (nSPS) is 10.7. The standard InChI is InChI=1S/C14H19N3OS/c1-10-6-4-5-7-12(10)17(2)14-16-11(9-18-3)13(8-15)19-14/h4-7H,8-9,15H2,1-3H3. The summed E-state index contributed by atoms with van der Waals surface area (Å²) in [4.78, 5) is 7.80. The summed E-state index contributed by atoms with van der Waals surface area (Å²) in [5.74, 6) is 0. The van der Waals surface area contributed by atoms with E-state index >= 15 is 0 Å². The second-order valence-corrected chi connectivity index (χ2v) is 5.41. The number of para-hydroxylation sites is 1. The highest BCUT2D eigenvalue weighted by atomic mass is 32.1. The molecule has 0 radical (unpaired) electrons. The van der Waals surface area contributed by atoms with E-state index in [9.17, 15) is 0 Å². The molecule has 0 atom stereocenters. The Morgan fingerprint density at radius 1 is 1.37 bits per heavy atom. The molecule has 0 aliphatic heterocycles. The first-order valence-corrected chi connectivity index (χ1v) is 6.96. The van der Waals surface area contributed by atoms with Crippen LogP contribution in [0.15, 0.2) is 24.3 Å². The van der Waals surface area contributed by atoms with Crippen LogP contribution >= 0.6 is 11.3 Å². The van der Waals surface area contributed by atoms with Crippen molar-refractivity contribution < 1.29 is 4.74 Å². The van der Waals surface area contributed by atoms with Gasteiger partial charge in [-0.3, -0.25) is 0 Å². The first-order valence-electron chi connectivity index (χ1n) is 6.14. The molecule has 0 saturated heterocycles. The Balaban J connectivity index is 2.34. The summed E-state index contributed by atoms with van der Waals surface area (Å²) in [6, 6.07) is 8.26. The Morgan fingerprint density at radius 3 is 2.74 bits per heavy atom. The molecule has 1 aromatic carbocycles. The van der Waals surface area contributed by atoms with E-state index in [-0.39, 0.29) is 0 Å². The number of thiazole rings is 1. The number of hydrogen-bond donors (Lipinski definition) is 1. The largest absolute Gasteiger partial charge is 0.378 e. The number of nitrogens with zero attached hydrogens (tertiary/aromatic N) is 2. The van der Waals surface area contributed by atoms with Crippen molar-refractivity contribution in [2.75, 3.05) is 19.1 Å². The summed E-state index contributed by atoms with van der Waals surface area (Å²) in [6.07, 6.45) is 0. The van der Waals surface area contributed by atoms with Crippen molar-refractivity contribution in [3.05, 3.63) is 40.4 Å². The van der Waals surface area contributed by atoms with E-state index in [1.165, 1.54) is 5.56 Å². The van der Waals surface area contributed by atoms with Crippen LogP contribution in [0.25, 0.3) is 0 Å². The number of ether oxygens (including phenoxy) is 1. The number of rotatable bonds is 5. The monoisotopic (exact) mass is 277 g/mol. The molecule has 2 N–H and O–H groups in total. The van der Waals surface area contributed by atoms with Crippen LogP contribution in [0.5, 0.6) is 0 Å². The molecule has 1 heterocycles. The number of nitrogens with two attached hydrogens (primary N) is 1. The minimum atomic E-state index is 0.498. The fourth-order valence-electron chi connectivity index (χ4n) is 1.96. The average molecular weight is 277 g/mol. The van der Waals surface area contributed by atoms with E-state index in [0.29, 0.717) is 13.2 Å². The van der Waals surface area contributed by atoms with E-state index in [0.717, 1.165) is 21.4 Å². The molecular weight excluding hydrogens is 258 g/mol. The number of methoxy groups -OCH3 is 1. The van der Waals surface area contributed by atoms with E-state index in [1.54, 1.807) is 18.4 Å². The molecule has 0 bridgehead atoms. The molecule has 5 heteroatoms. The predicted molar refractivity (Wildman–Crippen MR) is 80.0 cm³/mol. The van der Waals surface area contributed by atoms with Crippen LogP contribution in [0, 0.1) is 6.92 Å². The minimum absolute atomic E-state index is 0.498. The Bertz CT molecular complexity index is 553. The van der Waals surface area contributed by atoms with Gasteiger partial charge in [-0.1, -0.05) is 29.5 Å². The number of benzene rings is 1. The van der Waals surface area contributed by atoms with E-state index in [1.807, 2.05) is 19.2 Å². The van der Waals surface area contributed by atoms with Crippen molar-refractivity contribution in [1.29, 1.82) is 0 Å². The summed E-state index contributed by atoms with van der Waals surface area (Å²) in [7, 11) is 3.70. The fraction of sp³-hybridized carbons (Fsp3) is 0.357. The Labute approximate surface area is 117 Å². The molecule has 0 unspecified atom stereocenters. The quantitative estimate of drug-likeness (QED) is 0.913. The van der Waals surface area contributed by atoms with E-state index < -0.39 is 0 Å². The maximum absolute atomic E-state index is 5.76. The predicted octanol–water partition coefficient (Wildman–Crippen LogP) is 2.82. The van der Waals surface area contributed by atoms with E-state index in [2.05, 4.69) is 28.9 Å². The van der Waals surface area contributed by atoms with Gasteiger partial charge in [-0.25, -0.2) is 4.98 Å². The maximum Gasteiger partial charge on any atom is 0.190 e. The third-order valence-corrected chi connectivity index (χ3v) is 4.19. The van der Waals surface area contributed by atoms with Gasteiger partial charge in [0.05, 0.1) is 12.3 Å². The third-order valence-electron chi connectivity index (χ3n) is 3.00. The Kier molecular flexibility index (Phi) is 4.52. The lowest BCUT2D eigenvalue weighted by atomic mass is 10.2. The Hall–Kier alpha value is -1.43. The first-order chi connectivity index (χ1) is 9.17. The van der Waals surface area contributed by atoms with Gasteiger partial charge in [0, 0.05) is 31.3 Å². The Morgan fingerprint density at radius 2 is 2.11 bits per heavy atom. The lowest BCUT2D eigenvalue weighted by Gasteiger charge is -2.18. The van der Waals surface area contributed by atoms with Gasteiger partial charge in [0.1, 0.15) is 0 Å². The van der Waals surface area contributed by atoms with Gasteiger partial charge in [-0.2, -0.15) is 0 Å². The van der Waals surface area contributed by atoms with Crippen LogP contribution in [0.2, 0.25) is 0 Å². The van der Waals surface area contributed by atoms with Crippen molar-refractivity contribution in [1.82, 2.24) is 4.98 Å². The third kappa shape index (κ3) is 2.94. The van der Waals surface area contributed by atoms with Crippen molar-refractivity contribution in [3.63, 3.8) is 0 Å². The van der Waals surface area contributed by atoms with Gasteiger partial charge in [0.2, 0.25) is 0 Å². The molecule has 0 fully saturated rings. The minimum Gasteiger partial charge on any atom is -0.378 e. The van der Waals surface area contributed by atoms with Crippen LogP contribution < -0.4 is 10.6 Å². The molecule has 4 nitrogen and oxygen atoms in total. The maximum atomic E-state index is 5.76. The summed E-state index contributed by atoms with van der Waals surface area (Å²) in [6.45, 7) is 3.10. The van der Waals surface area contributed by atoms with Gasteiger partial charge in [-0.05, 0) is 18.6 Å². The summed E-state index contributed by atoms with van der Waals surface area (Å²) < 4.78 is 5.16. The van der Waals surface area contributed by atoms with Gasteiger partial charge in [0.25, 0.3) is 0 Å². The zero-order valence-corrected chi connectivity index (χ0v) is 12.3. The lowest BCUT2D eigenvalue weighted by Crippen LogP contribution is -2.10. The summed E-state index contributed by atoms with van der Waals surface area (Å²) in [5.41, 5.74) is 9.08. The highest BCUT2D eigenvalue weighted by molar-refractivity contribution is 7.15. The average Bonchev–Trinajstić information content (AvgIpc) is 2.82. The first kappa shape index (κ1) is 14.0. The molecule has 0 amide bonds. The van der Waals surface area contributed by atoms with Crippen LogP contribution in [0.4, 0.5) is 10.8 Å². The molecule has 102 valence electrons. The topological polar surface area (TPSA) is 51.4 Å².